The van der Waals surface area contributed by atoms with Crippen LogP contribution in [0.1, 0.15) is 18.4 Å². The third kappa shape index (κ3) is 6.02. The van der Waals surface area contributed by atoms with Gasteiger partial charge in [0.05, 0.1) is 23.7 Å². The van der Waals surface area contributed by atoms with E-state index in [0.717, 1.165) is 35.5 Å². The van der Waals surface area contributed by atoms with Crippen LogP contribution in [0.25, 0.3) is 11.3 Å². The minimum Gasteiger partial charge on any atom is -0.352 e. The Hall–Kier alpha value is -3.45. The van der Waals surface area contributed by atoms with Gasteiger partial charge in [0.2, 0.25) is 11.8 Å². The average Bonchev–Trinajstić information content (AvgIpc) is 3.73. The van der Waals surface area contributed by atoms with Crippen molar-refractivity contribution in [2.45, 2.75) is 19.3 Å². The van der Waals surface area contributed by atoms with E-state index in [2.05, 4.69) is 15.1 Å². The van der Waals surface area contributed by atoms with Gasteiger partial charge in [-0.15, -0.1) is 10.2 Å². The van der Waals surface area contributed by atoms with E-state index >= 15 is 0 Å². The highest BCUT2D eigenvalue weighted by Crippen LogP contribution is 2.30. The summed E-state index contributed by atoms with van der Waals surface area (Å²) >= 11 is 6.28. The zero-order valence-corrected chi connectivity index (χ0v) is 21.0. The molecule has 36 heavy (non-hydrogen) atoms. The van der Waals surface area contributed by atoms with Crippen molar-refractivity contribution >= 4 is 29.2 Å². The molecule has 0 N–H and O–H groups in total. The molecule has 1 saturated carbocycles. The number of hydrogen-bond donors (Lipinski definition) is 0. The molecular weight excluding hydrogens is 474 g/mol. The lowest BCUT2D eigenvalue weighted by Crippen LogP contribution is -2.52. The van der Waals surface area contributed by atoms with Crippen molar-refractivity contribution in [3.8, 4) is 11.3 Å². The molecule has 2 amide bonds. The third-order valence-electron chi connectivity index (χ3n) is 6.81. The van der Waals surface area contributed by atoms with E-state index in [-0.39, 0.29) is 18.4 Å². The molecule has 0 bridgehead atoms. The van der Waals surface area contributed by atoms with Gasteiger partial charge in [0.1, 0.15) is 0 Å². The van der Waals surface area contributed by atoms with Crippen LogP contribution in [0.3, 0.4) is 0 Å². The maximum Gasteiger partial charge on any atom is 0.242 e. The van der Waals surface area contributed by atoms with Gasteiger partial charge < -0.3 is 14.7 Å². The lowest BCUT2D eigenvalue weighted by Gasteiger charge is -2.36. The molecule has 0 radical (unpaired) electrons. The quantitative estimate of drug-likeness (QED) is 0.466. The van der Waals surface area contributed by atoms with Crippen molar-refractivity contribution < 1.29 is 9.59 Å². The summed E-state index contributed by atoms with van der Waals surface area (Å²) in [4.78, 5) is 31.9. The van der Waals surface area contributed by atoms with Gasteiger partial charge in [0.25, 0.3) is 0 Å². The van der Waals surface area contributed by atoms with Crippen molar-refractivity contribution in [1.82, 2.24) is 20.0 Å². The summed E-state index contributed by atoms with van der Waals surface area (Å²) in [5.74, 6) is 1.35. The first-order valence-corrected chi connectivity index (χ1v) is 12.9. The molecule has 7 nitrogen and oxygen atoms in total. The summed E-state index contributed by atoms with van der Waals surface area (Å²) in [5.41, 5.74) is 2.56. The molecule has 0 atom stereocenters. The van der Waals surface area contributed by atoms with E-state index in [1.807, 2.05) is 71.6 Å². The molecular formula is C28H30ClN5O2. The number of carbonyl (C=O) groups excluding carboxylic acids is 2. The summed E-state index contributed by atoms with van der Waals surface area (Å²) in [5, 5.41) is 9.41. The molecule has 0 unspecified atom stereocenters. The number of rotatable bonds is 8. The largest absolute Gasteiger partial charge is 0.352 e. The topological polar surface area (TPSA) is 69.6 Å². The van der Waals surface area contributed by atoms with E-state index in [9.17, 15) is 9.59 Å². The minimum atomic E-state index is 0.0110. The van der Waals surface area contributed by atoms with Gasteiger partial charge >= 0.3 is 0 Å². The number of nitrogens with zero attached hydrogens (tertiary/aromatic N) is 5. The summed E-state index contributed by atoms with van der Waals surface area (Å²) < 4.78 is 0. The second kappa shape index (κ2) is 11.1. The smallest absolute Gasteiger partial charge is 0.242 e. The van der Waals surface area contributed by atoms with Gasteiger partial charge in [0, 0.05) is 38.3 Å². The first-order valence-electron chi connectivity index (χ1n) is 12.5. The number of halogens is 1. The molecule has 186 valence electrons. The summed E-state index contributed by atoms with van der Waals surface area (Å²) in [6.07, 6.45) is 2.61. The highest BCUT2D eigenvalue weighted by atomic mass is 35.5. The van der Waals surface area contributed by atoms with Crippen LogP contribution in [-0.4, -0.2) is 71.1 Å². The van der Waals surface area contributed by atoms with Crippen molar-refractivity contribution in [3.63, 3.8) is 0 Å². The molecule has 5 rings (SSSR count). The van der Waals surface area contributed by atoms with E-state index in [1.165, 1.54) is 0 Å². The number of anilines is 1. The van der Waals surface area contributed by atoms with E-state index in [4.69, 9.17) is 11.6 Å². The fraction of sp³-hybridized carbons (Fsp3) is 0.357. The molecule has 1 aliphatic heterocycles. The molecule has 1 aliphatic carbocycles. The third-order valence-corrected chi connectivity index (χ3v) is 7.14. The minimum absolute atomic E-state index is 0.0110. The van der Waals surface area contributed by atoms with E-state index in [0.29, 0.717) is 50.1 Å². The fourth-order valence-corrected chi connectivity index (χ4v) is 4.74. The number of amides is 2. The predicted octanol–water partition coefficient (Wildman–Crippen LogP) is 3.93. The second-order valence-corrected chi connectivity index (χ2v) is 9.91. The standard InChI is InChI=1S/C28H30ClN5O2/c29-24-9-5-4-8-23(24)25-12-13-26(31-30-25)32-14-16-33(17-15-32)28(36)20-34(19-22-10-11-22)27(35)18-21-6-2-1-3-7-21/h1-9,12-13,22H,10-11,14-20H2. The SMILES string of the molecule is O=C(CN(CC1CC1)C(=O)Cc1ccccc1)N1CCN(c2ccc(-c3ccccc3Cl)nn2)CC1. The number of piperazine rings is 1. The Bertz CT molecular complexity index is 1190. The zero-order valence-electron chi connectivity index (χ0n) is 20.2. The lowest BCUT2D eigenvalue weighted by molar-refractivity contribution is -0.140. The predicted molar refractivity (Wildman–Crippen MR) is 141 cm³/mol. The Kier molecular flexibility index (Phi) is 7.47. The molecule has 2 aromatic carbocycles. The average molecular weight is 504 g/mol. The van der Waals surface area contributed by atoms with Gasteiger partial charge in [-0.05, 0) is 42.5 Å². The van der Waals surface area contributed by atoms with Crippen molar-refractivity contribution in [3.05, 3.63) is 77.3 Å². The van der Waals surface area contributed by atoms with Crippen LogP contribution in [0.4, 0.5) is 5.82 Å². The van der Waals surface area contributed by atoms with E-state index < -0.39 is 0 Å². The molecule has 2 aliphatic rings. The van der Waals surface area contributed by atoms with Crippen molar-refractivity contribution in [2.24, 2.45) is 5.92 Å². The maximum atomic E-state index is 13.1. The summed E-state index contributed by atoms with van der Waals surface area (Å²) in [6, 6.07) is 21.2. The molecule has 2 fully saturated rings. The molecule has 0 spiro atoms. The molecule has 8 heteroatoms. The highest BCUT2D eigenvalue weighted by molar-refractivity contribution is 6.33. The van der Waals surface area contributed by atoms with Crippen LogP contribution < -0.4 is 4.90 Å². The van der Waals surface area contributed by atoms with Crippen LogP contribution >= 0.6 is 11.6 Å². The van der Waals surface area contributed by atoms with Crippen LogP contribution in [-0.2, 0) is 16.0 Å². The van der Waals surface area contributed by atoms with E-state index in [1.54, 1.807) is 4.90 Å². The van der Waals surface area contributed by atoms with Crippen molar-refractivity contribution in [1.29, 1.82) is 0 Å². The number of aromatic nitrogens is 2. The van der Waals surface area contributed by atoms with Gasteiger partial charge in [-0.25, -0.2) is 0 Å². The Labute approximate surface area is 216 Å². The van der Waals surface area contributed by atoms with Gasteiger partial charge in [0.15, 0.2) is 5.82 Å². The lowest BCUT2D eigenvalue weighted by atomic mass is 10.1. The molecule has 2 heterocycles. The highest BCUT2D eigenvalue weighted by Gasteiger charge is 2.30. The van der Waals surface area contributed by atoms with Crippen LogP contribution in [0.15, 0.2) is 66.7 Å². The van der Waals surface area contributed by atoms with Crippen LogP contribution in [0.5, 0.6) is 0 Å². The van der Waals surface area contributed by atoms with Gasteiger partial charge in [-0.2, -0.15) is 0 Å². The molecule has 1 aromatic heterocycles. The zero-order chi connectivity index (χ0) is 24.9. The second-order valence-electron chi connectivity index (χ2n) is 9.50. The number of benzene rings is 2. The monoisotopic (exact) mass is 503 g/mol. The van der Waals surface area contributed by atoms with Crippen LogP contribution in [0, 0.1) is 5.92 Å². The summed E-state index contributed by atoms with van der Waals surface area (Å²) in [7, 11) is 0. The first kappa shape index (κ1) is 24.3. The Morgan fingerprint density at radius 1 is 0.889 bits per heavy atom. The normalized spacial score (nSPS) is 15.6. The van der Waals surface area contributed by atoms with Crippen molar-refractivity contribution in [2.75, 3.05) is 44.2 Å². The fourth-order valence-electron chi connectivity index (χ4n) is 4.50. The number of hydrogen-bond acceptors (Lipinski definition) is 5. The molecule has 3 aromatic rings. The summed E-state index contributed by atoms with van der Waals surface area (Å²) in [6.45, 7) is 3.35. The first-order chi connectivity index (χ1) is 17.6. The van der Waals surface area contributed by atoms with Gasteiger partial charge in [-0.1, -0.05) is 60.1 Å². The maximum absolute atomic E-state index is 13.1. The molecule has 1 saturated heterocycles. The Balaban J connectivity index is 1.16. The number of carbonyl (C=O) groups is 2. The Morgan fingerprint density at radius 3 is 2.28 bits per heavy atom. The van der Waals surface area contributed by atoms with Gasteiger partial charge in [-0.3, -0.25) is 9.59 Å². The van der Waals surface area contributed by atoms with Crippen LogP contribution in [0.2, 0.25) is 5.02 Å². The Morgan fingerprint density at radius 2 is 1.61 bits per heavy atom.